The number of ether oxygens (including phenoxy) is 2. The summed E-state index contributed by atoms with van der Waals surface area (Å²) in [6, 6.07) is 10.1. The van der Waals surface area contributed by atoms with E-state index in [0.717, 1.165) is 16.5 Å². The lowest BCUT2D eigenvalue weighted by molar-refractivity contribution is -0.121. The lowest BCUT2D eigenvalue weighted by atomic mass is 10.0. The Morgan fingerprint density at radius 3 is 2.59 bits per heavy atom. The normalized spacial score (nSPS) is 10.7. The summed E-state index contributed by atoms with van der Waals surface area (Å²) in [6.07, 6.45) is 0.422. The molecule has 0 radical (unpaired) electrons. The number of benzene rings is 2. The van der Waals surface area contributed by atoms with Crippen LogP contribution in [-0.2, 0) is 17.8 Å². The molecule has 0 saturated heterocycles. The molecular formula is C22H23NO6. The van der Waals surface area contributed by atoms with Crippen molar-refractivity contribution in [3.8, 4) is 17.2 Å². The first-order chi connectivity index (χ1) is 13.9. The van der Waals surface area contributed by atoms with Gasteiger partial charge < -0.3 is 24.3 Å². The number of hydrogen-bond donors (Lipinski definition) is 2. The second kappa shape index (κ2) is 8.68. The van der Waals surface area contributed by atoms with Crippen molar-refractivity contribution in [2.75, 3.05) is 14.2 Å². The SMILES string of the molecule is COc1ccc(CNC(=O)CCc2c(C)c3ccc(O)cc3oc2=O)cc1OC. The number of aryl methyl sites for hydroxylation is 1. The molecule has 0 spiro atoms. The first-order valence-electron chi connectivity index (χ1n) is 9.16. The maximum atomic E-state index is 12.3. The molecule has 152 valence electrons. The summed E-state index contributed by atoms with van der Waals surface area (Å²) in [5.41, 5.74) is 1.92. The lowest BCUT2D eigenvalue weighted by Crippen LogP contribution is -2.24. The van der Waals surface area contributed by atoms with Crippen molar-refractivity contribution in [2.45, 2.75) is 26.3 Å². The van der Waals surface area contributed by atoms with Crippen LogP contribution in [0, 0.1) is 6.92 Å². The van der Waals surface area contributed by atoms with Gasteiger partial charge in [0.15, 0.2) is 11.5 Å². The molecule has 3 aromatic rings. The number of nitrogens with one attached hydrogen (secondary N) is 1. The number of hydrogen-bond acceptors (Lipinski definition) is 6. The van der Waals surface area contributed by atoms with Crippen LogP contribution in [0.5, 0.6) is 17.2 Å². The second-order valence-electron chi connectivity index (χ2n) is 6.64. The van der Waals surface area contributed by atoms with Crippen molar-refractivity contribution in [3.05, 3.63) is 63.5 Å². The summed E-state index contributed by atoms with van der Waals surface area (Å²) in [7, 11) is 3.12. The highest BCUT2D eigenvalue weighted by Crippen LogP contribution is 2.27. The van der Waals surface area contributed by atoms with Crippen molar-refractivity contribution in [1.29, 1.82) is 0 Å². The average molecular weight is 397 g/mol. The van der Waals surface area contributed by atoms with Gasteiger partial charge in [0.2, 0.25) is 5.91 Å². The van der Waals surface area contributed by atoms with E-state index in [1.54, 1.807) is 32.4 Å². The smallest absolute Gasteiger partial charge is 0.339 e. The van der Waals surface area contributed by atoms with Crippen LogP contribution in [0.2, 0.25) is 0 Å². The molecule has 1 heterocycles. The van der Waals surface area contributed by atoms with Gasteiger partial charge in [0.25, 0.3) is 0 Å². The molecule has 1 amide bonds. The first-order valence-corrected chi connectivity index (χ1v) is 9.16. The third-order valence-corrected chi connectivity index (χ3v) is 4.81. The van der Waals surface area contributed by atoms with E-state index >= 15 is 0 Å². The molecule has 0 aliphatic rings. The number of carbonyl (C=O) groups excluding carboxylic acids is 1. The zero-order valence-corrected chi connectivity index (χ0v) is 16.6. The minimum absolute atomic E-state index is 0.0299. The molecule has 0 bridgehead atoms. The highest BCUT2D eigenvalue weighted by Gasteiger charge is 2.14. The topological polar surface area (TPSA) is 98.0 Å². The molecule has 7 nitrogen and oxygen atoms in total. The molecule has 0 aliphatic carbocycles. The number of fused-ring (bicyclic) bond motifs is 1. The van der Waals surface area contributed by atoms with Gasteiger partial charge >= 0.3 is 5.63 Å². The number of phenolic OH excluding ortho intramolecular Hbond substituents is 1. The molecule has 0 saturated carbocycles. The lowest BCUT2D eigenvalue weighted by Gasteiger charge is -2.11. The van der Waals surface area contributed by atoms with Crippen molar-refractivity contribution in [1.82, 2.24) is 5.32 Å². The van der Waals surface area contributed by atoms with Crippen molar-refractivity contribution >= 4 is 16.9 Å². The zero-order valence-electron chi connectivity index (χ0n) is 16.6. The standard InChI is InChI=1S/C22H23NO6/c1-13-16-6-5-15(24)11-19(16)29-22(26)17(13)7-9-21(25)23-12-14-4-8-18(27-2)20(10-14)28-3/h4-6,8,10-11,24H,7,9,12H2,1-3H3,(H,23,25). The third kappa shape index (κ3) is 4.51. The Morgan fingerprint density at radius 2 is 1.86 bits per heavy atom. The Morgan fingerprint density at radius 1 is 1.10 bits per heavy atom. The van der Waals surface area contributed by atoms with Gasteiger partial charge in [-0.05, 0) is 48.7 Å². The fraction of sp³-hybridized carbons (Fsp3) is 0.273. The molecule has 2 N–H and O–H groups in total. The van der Waals surface area contributed by atoms with E-state index < -0.39 is 5.63 Å². The zero-order chi connectivity index (χ0) is 21.0. The number of amides is 1. The van der Waals surface area contributed by atoms with Gasteiger partial charge in [-0.25, -0.2) is 4.79 Å². The summed E-state index contributed by atoms with van der Waals surface area (Å²) in [4.78, 5) is 24.5. The monoisotopic (exact) mass is 397 g/mol. The molecule has 7 heteroatoms. The van der Waals surface area contributed by atoms with Crippen LogP contribution in [0.15, 0.2) is 45.6 Å². The maximum absolute atomic E-state index is 12.3. The highest BCUT2D eigenvalue weighted by atomic mass is 16.5. The fourth-order valence-electron chi connectivity index (χ4n) is 3.19. The number of carbonyl (C=O) groups is 1. The highest BCUT2D eigenvalue weighted by molar-refractivity contribution is 5.82. The van der Waals surface area contributed by atoms with Crippen LogP contribution in [-0.4, -0.2) is 25.2 Å². The Hall–Kier alpha value is -3.48. The Bertz CT molecular complexity index is 1100. The van der Waals surface area contributed by atoms with Crippen LogP contribution >= 0.6 is 0 Å². The summed E-state index contributed by atoms with van der Waals surface area (Å²) in [6.45, 7) is 2.15. The molecule has 0 atom stereocenters. The number of rotatable bonds is 7. The predicted molar refractivity (Wildman–Crippen MR) is 109 cm³/mol. The number of methoxy groups -OCH3 is 2. The summed E-state index contributed by atoms with van der Waals surface area (Å²) in [5, 5.41) is 13.1. The van der Waals surface area contributed by atoms with Crippen LogP contribution in [0.25, 0.3) is 11.0 Å². The second-order valence-corrected chi connectivity index (χ2v) is 6.64. The summed E-state index contributed by atoms with van der Waals surface area (Å²) in [5.74, 6) is 1.07. The van der Waals surface area contributed by atoms with E-state index in [1.807, 2.05) is 13.0 Å². The number of aromatic hydroxyl groups is 1. The van der Waals surface area contributed by atoms with Gasteiger partial charge in [0, 0.05) is 30.0 Å². The summed E-state index contributed by atoms with van der Waals surface area (Å²) >= 11 is 0. The minimum atomic E-state index is -0.492. The van der Waals surface area contributed by atoms with Crippen LogP contribution < -0.4 is 20.4 Å². The predicted octanol–water partition coefficient (Wildman–Crippen LogP) is 3.07. The molecular weight excluding hydrogens is 374 g/mol. The van der Waals surface area contributed by atoms with E-state index in [-0.39, 0.29) is 24.5 Å². The van der Waals surface area contributed by atoms with Gasteiger partial charge in [-0.3, -0.25) is 4.79 Å². The fourth-order valence-corrected chi connectivity index (χ4v) is 3.19. The van der Waals surface area contributed by atoms with Crippen molar-refractivity contribution < 1.29 is 23.8 Å². The third-order valence-electron chi connectivity index (χ3n) is 4.81. The Labute approximate surface area is 167 Å². The summed E-state index contributed by atoms with van der Waals surface area (Å²) < 4.78 is 15.7. The van der Waals surface area contributed by atoms with Crippen LogP contribution in [0.1, 0.15) is 23.1 Å². The maximum Gasteiger partial charge on any atom is 0.339 e. The van der Waals surface area contributed by atoms with E-state index in [0.29, 0.717) is 29.2 Å². The minimum Gasteiger partial charge on any atom is -0.508 e. The molecule has 1 aromatic heterocycles. The molecule has 0 unspecified atom stereocenters. The molecule has 29 heavy (non-hydrogen) atoms. The van der Waals surface area contributed by atoms with E-state index in [9.17, 15) is 14.7 Å². The molecule has 3 rings (SSSR count). The molecule has 0 fully saturated rings. The van der Waals surface area contributed by atoms with E-state index in [2.05, 4.69) is 5.32 Å². The quantitative estimate of drug-likeness (QED) is 0.595. The van der Waals surface area contributed by atoms with Crippen LogP contribution in [0.4, 0.5) is 0 Å². The first kappa shape index (κ1) is 20.3. The van der Waals surface area contributed by atoms with Gasteiger partial charge in [-0.15, -0.1) is 0 Å². The van der Waals surface area contributed by atoms with E-state index in [1.165, 1.54) is 12.1 Å². The van der Waals surface area contributed by atoms with Gasteiger partial charge in [0.1, 0.15) is 11.3 Å². The van der Waals surface area contributed by atoms with E-state index in [4.69, 9.17) is 13.9 Å². The van der Waals surface area contributed by atoms with Crippen LogP contribution in [0.3, 0.4) is 0 Å². The molecule has 0 aliphatic heterocycles. The van der Waals surface area contributed by atoms with Gasteiger partial charge in [-0.2, -0.15) is 0 Å². The Balaban J connectivity index is 1.65. The Kier molecular flexibility index (Phi) is 6.07. The molecule has 2 aromatic carbocycles. The van der Waals surface area contributed by atoms with Gasteiger partial charge in [-0.1, -0.05) is 6.07 Å². The average Bonchev–Trinajstić information content (AvgIpc) is 2.71. The number of phenols is 1. The van der Waals surface area contributed by atoms with Crippen molar-refractivity contribution in [2.24, 2.45) is 0 Å². The largest absolute Gasteiger partial charge is 0.508 e. The van der Waals surface area contributed by atoms with Gasteiger partial charge in [0.05, 0.1) is 14.2 Å². The van der Waals surface area contributed by atoms with Crippen molar-refractivity contribution in [3.63, 3.8) is 0 Å².